The van der Waals surface area contributed by atoms with Crippen LogP contribution in [-0.4, -0.2) is 22.8 Å². The lowest BCUT2D eigenvalue weighted by molar-refractivity contribution is 0.290. The van der Waals surface area contributed by atoms with Crippen LogP contribution in [0.15, 0.2) is 34.2 Å². The highest BCUT2D eigenvalue weighted by Crippen LogP contribution is 2.30. The van der Waals surface area contributed by atoms with E-state index in [0.29, 0.717) is 34.7 Å². The molecule has 1 aromatic carbocycles. The van der Waals surface area contributed by atoms with Crippen molar-refractivity contribution in [2.24, 2.45) is 5.92 Å². The van der Waals surface area contributed by atoms with Crippen LogP contribution in [0, 0.1) is 17.2 Å². The van der Waals surface area contributed by atoms with Crippen LogP contribution in [0.4, 0.5) is 0 Å². The summed E-state index contributed by atoms with van der Waals surface area (Å²) in [5, 5.41) is 9.78. The Morgan fingerprint density at radius 2 is 2.13 bits per heavy atom. The number of aromatic amines is 1. The third kappa shape index (κ3) is 4.14. The van der Waals surface area contributed by atoms with Crippen LogP contribution in [0.25, 0.3) is 11.3 Å². The number of hydrogen-bond acceptors (Lipinski definition) is 5. The first-order valence-electron chi connectivity index (χ1n) is 7.37. The molecule has 120 valence electrons. The number of nitriles is 1. The number of hydrogen-bond donors (Lipinski definition) is 1. The summed E-state index contributed by atoms with van der Waals surface area (Å²) in [7, 11) is 0. The summed E-state index contributed by atoms with van der Waals surface area (Å²) in [6.07, 6.45) is 2.75. The Bertz CT molecular complexity index is 778. The number of aromatic nitrogens is 2. The van der Waals surface area contributed by atoms with Gasteiger partial charge in [-0.15, -0.1) is 0 Å². The minimum absolute atomic E-state index is 0.00251. The molecule has 0 bridgehead atoms. The van der Waals surface area contributed by atoms with Gasteiger partial charge in [-0.1, -0.05) is 37.7 Å². The molecule has 2 aromatic rings. The first-order valence-corrected chi connectivity index (χ1v) is 8.60. The molecule has 0 radical (unpaired) electrons. The third-order valence-electron chi connectivity index (χ3n) is 3.30. The Morgan fingerprint density at radius 3 is 2.78 bits per heavy atom. The van der Waals surface area contributed by atoms with Crippen LogP contribution in [-0.2, 0) is 0 Å². The van der Waals surface area contributed by atoms with Gasteiger partial charge in [0.25, 0.3) is 5.56 Å². The maximum atomic E-state index is 12.1. The zero-order valence-corrected chi connectivity index (χ0v) is 14.2. The van der Waals surface area contributed by atoms with Crippen molar-refractivity contribution in [1.29, 1.82) is 5.26 Å². The standard InChI is InChI=1S/C17H19N3O2S/c1-11(2)8-9-22-14-7-5-4-6-12(14)15-13(10-18)16(21)20-17(19-15)23-3/h4-7,11H,8-9H2,1-3H3,(H,19,20,21). The van der Waals surface area contributed by atoms with Gasteiger partial charge < -0.3 is 9.72 Å². The summed E-state index contributed by atoms with van der Waals surface area (Å²) in [5.74, 6) is 1.17. The second-order valence-corrected chi connectivity index (χ2v) is 6.23. The fraction of sp³-hybridized carbons (Fsp3) is 0.353. The zero-order valence-electron chi connectivity index (χ0n) is 13.4. The summed E-state index contributed by atoms with van der Waals surface area (Å²) in [5.41, 5.74) is 0.594. The highest BCUT2D eigenvalue weighted by atomic mass is 32.2. The van der Waals surface area contributed by atoms with E-state index < -0.39 is 5.56 Å². The highest BCUT2D eigenvalue weighted by molar-refractivity contribution is 7.98. The number of benzene rings is 1. The molecule has 1 heterocycles. The maximum Gasteiger partial charge on any atom is 0.270 e. The summed E-state index contributed by atoms with van der Waals surface area (Å²) < 4.78 is 5.85. The average molecular weight is 329 g/mol. The van der Waals surface area contributed by atoms with Gasteiger partial charge in [-0.05, 0) is 30.7 Å². The van der Waals surface area contributed by atoms with Crippen molar-refractivity contribution in [2.45, 2.75) is 25.4 Å². The first kappa shape index (κ1) is 17.1. The van der Waals surface area contributed by atoms with Gasteiger partial charge in [-0.3, -0.25) is 4.79 Å². The maximum absolute atomic E-state index is 12.1. The van der Waals surface area contributed by atoms with E-state index in [9.17, 15) is 10.1 Å². The number of rotatable bonds is 6. The van der Waals surface area contributed by atoms with E-state index in [0.717, 1.165) is 6.42 Å². The van der Waals surface area contributed by atoms with Gasteiger partial charge in [0.2, 0.25) is 0 Å². The molecule has 23 heavy (non-hydrogen) atoms. The van der Waals surface area contributed by atoms with E-state index in [1.54, 1.807) is 0 Å². The van der Waals surface area contributed by atoms with Gasteiger partial charge in [0.15, 0.2) is 5.16 Å². The van der Waals surface area contributed by atoms with Crippen LogP contribution in [0.5, 0.6) is 5.75 Å². The second kappa shape index (κ2) is 7.84. The van der Waals surface area contributed by atoms with E-state index >= 15 is 0 Å². The lowest BCUT2D eigenvalue weighted by atomic mass is 10.1. The van der Waals surface area contributed by atoms with Gasteiger partial charge >= 0.3 is 0 Å². The molecule has 0 aliphatic carbocycles. The van der Waals surface area contributed by atoms with Gasteiger partial charge in [0.1, 0.15) is 23.1 Å². The molecular weight excluding hydrogens is 310 g/mol. The molecule has 5 nitrogen and oxygen atoms in total. The van der Waals surface area contributed by atoms with Crippen LogP contribution >= 0.6 is 11.8 Å². The average Bonchev–Trinajstić information content (AvgIpc) is 2.54. The van der Waals surface area contributed by atoms with E-state index in [2.05, 4.69) is 23.8 Å². The van der Waals surface area contributed by atoms with E-state index in [4.69, 9.17) is 4.74 Å². The second-order valence-electron chi connectivity index (χ2n) is 5.44. The molecule has 0 unspecified atom stereocenters. The number of nitrogens with zero attached hydrogens (tertiary/aromatic N) is 2. The largest absolute Gasteiger partial charge is 0.493 e. The Morgan fingerprint density at radius 1 is 1.39 bits per heavy atom. The summed E-state index contributed by atoms with van der Waals surface area (Å²) in [6.45, 7) is 4.84. The van der Waals surface area contributed by atoms with Crippen molar-refractivity contribution >= 4 is 11.8 Å². The summed E-state index contributed by atoms with van der Waals surface area (Å²) in [4.78, 5) is 19.1. The van der Waals surface area contributed by atoms with Gasteiger partial charge in [-0.2, -0.15) is 5.26 Å². The SMILES string of the molecule is CSc1nc(-c2ccccc2OCCC(C)C)c(C#N)c(=O)[nH]1. The lowest BCUT2D eigenvalue weighted by Gasteiger charge is -2.13. The highest BCUT2D eigenvalue weighted by Gasteiger charge is 2.16. The van der Waals surface area contributed by atoms with E-state index in [1.165, 1.54) is 11.8 Å². The number of H-pyrrole nitrogens is 1. The number of thioether (sulfide) groups is 1. The Labute approximate surface area is 139 Å². The topological polar surface area (TPSA) is 78.8 Å². The summed E-state index contributed by atoms with van der Waals surface area (Å²) in [6, 6.07) is 9.30. The lowest BCUT2D eigenvalue weighted by Crippen LogP contribution is -2.15. The quantitative estimate of drug-likeness (QED) is 0.648. The molecule has 0 amide bonds. The van der Waals surface area contributed by atoms with Crippen LogP contribution in [0.1, 0.15) is 25.8 Å². The molecule has 0 fully saturated rings. The minimum Gasteiger partial charge on any atom is -0.493 e. The van der Waals surface area contributed by atoms with Crippen LogP contribution in [0.2, 0.25) is 0 Å². The van der Waals surface area contributed by atoms with Gasteiger partial charge in [0.05, 0.1) is 6.61 Å². The minimum atomic E-state index is -0.432. The predicted octanol–water partition coefficient (Wildman–Crippen LogP) is 3.46. The molecule has 0 atom stereocenters. The van der Waals surface area contributed by atoms with Crippen LogP contribution in [0.3, 0.4) is 0 Å². The van der Waals surface area contributed by atoms with E-state index in [1.807, 2.05) is 36.6 Å². The van der Waals surface area contributed by atoms with Crippen molar-refractivity contribution in [1.82, 2.24) is 9.97 Å². The third-order valence-corrected chi connectivity index (χ3v) is 3.88. The monoisotopic (exact) mass is 329 g/mol. The molecule has 0 aliphatic rings. The van der Waals surface area contributed by atoms with Crippen LogP contribution < -0.4 is 10.3 Å². The first-order chi connectivity index (χ1) is 11.1. The van der Waals surface area contributed by atoms with Crippen molar-refractivity contribution in [2.75, 3.05) is 12.9 Å². The van der Waals surface area contributed by atoms with Crippen molar-refractivity contribution in [3.8, 4) is 23.1 Å². The summed E-state index contributed by atoms with van der Waals surface area (Å²) >= 11 is 1.32. The smallest absolute Gasteiger partial charge is 0.270 e. The molecule has 6 heteroatoms. The Kier molecular flexibility index (Phi) is 5.83. The Balaban J connectivity index is 2.48. The Hall–Kier alpha value is -2.26. The van der Waals surface area contributed by atoms with Gasteiger partial charge in [-0.25, -0.2) is 4.98 Å². The molecule has 1 aromatic heterocycles. The predicted molar refractivity (Wildman–Crippen MR) is 91.7 cm³/mol. The normalized spacial score (nSPS) is 10.6. The fourth-order valence-electron chi connectivity index (χ4n) is 2.04. The van der Waals surface area contributed by atoms with Crippen molar-refractivity contribution in [3.05, 3.63) is 40.2 Å². The molecule has 0 aliphatic heterocycles. The van der Waals surface area contributed by atoms with E-state index in [-0.39, 0.29) is 5.56 Å². The molecule has 0 saturated heterocycles. The fourth-order valence-corrected chi connectivity index (χ4v) is 2.42. The molecule has 0 saturated carbocycles. The number of ether oxygens (including phenoxy) is 1. The van der Waals surface area contributed by atoms with Crippen molar-refractivity contribution < 1.29 is 4.74 Å². The molecular formula is C17H19N3O2S. The number of nitrogens with one attached hydrogen (secondary N) is 1. The molecule has 0 spiro atoms. The van der Waals surface area contributed by atoms with Crippen molar-refractivity contribution in [3.63, 3.8) is 0 Å². The number of para-hydroxylation sites is 1. The zero-order chi connectivity index (χ0) is 16.8. The van der Waals surface area contributed by atoms with Gasteiger partial charge in [0, 0.05) is 5.56 Å². The molecule has 2 rings (SSSR count). The molecule has 1 N–H and O–H groups in total.